The lowest BCUT2D eigenvalue weighted by molar-refractivity contribution is -0.602. The molecule has 0 aromatic heterocycles. The third-order valence-electron chi connectivity index (χ3n) is 3.15. The molecule has 0 spiro atoms. The lowest BCUT2D eigenvalue weighted by atomic mass is 9.93. The molecule has 0 aromatic rings. The van der Waals surface area contributed by atoms with Crippen molar-refractivity contribution in [1.82, 2.24) is 0 Å². The lowest BCUT2D eigenvalue weighted by Crippen LogP contribution is -2.82. The summed E-state index contributed by atoms with van der Waals surface area (Å²) in [6.07, 6.45) is 12.7. The molecule has 0 unspecified atom stereocenters. The maximum absolute atomic E-state index is 10.8. The molecular weight excluding hydrogens is 330 g/mol. The second kappa shape index (κ2) is 8.68. The van der Waals surface area contributed by atoms with Crippen molar-refractivity contribution in [2.45, 2.75) is 27.2 Å². The Morgan fingerprint density at radius 1 is 1.48 bits per heavy atom. The van der Waals surface area contributed by atoms with Crippen LogP contribution >= 0.6 is 11.8 Å². The standard InChI is InChI=1S/C17H25NO3S2/c1-5-8-14(2)22-16-13-17(3,4)10-6-9-15(16)18-11-7-12-23(19,20)21/h5-6,8-10,13,18H,2,7,11-12H2,1,3-4H3,(H,19,20,21)/p+1/b8-5+. The number of hydrogen-bond acceptors (Lipinski definition) is 3. The van der Waals surface area contributed by atoms with Crippen molar-refractivity contribution < 1.29 is 18.3 Å². The largest absolute Gasteiger partial charge is 0.313 e. The van der Waals surface area contributed by atoms with E-state index in [2.05, 4.69) is 32.6 Å². The molecule has 4 nitrogen and oxygen atoms in total. The van der Waals surface area contributed by atoms with E-state index in [9.17, 15) is 8.42 Å². The molecule has 0 aliphatic heterocycles. The summed E-state index contributed by atoms with van der Waals surface area (Å²) < 4.78 is 30.4. The van der Waals surface area contributed by atoms with E-state index in [1.165, 1.54) is 0 Å². The van der Waals surface area contributed by atoms with Crippen LogP contribution < -0.4 is 5.32 Å². The second-order valence-electron chi connectivity index (χ2n) is 6.01. The van der Waals surface area contributed by atoms with Crippen LogP contribution in [0.2, 0.25) is 0 Å². The summed E-state index contributed by atoms with van der Waals surface area (Å²) in [5.74, 6) is -0.213. The van der Waals surface area contributed by atoms with Crippen molar-refractivity contribution in [1.29, 1.82) is 0 Å². The molecule has 0 saturated carbocycles. The molecule has 3 N–H and O–H groups in total. The molecule has 0 amide bonds. The van der Waals surface area contributed by atoms with E-state index in [1.807, 2.05) is 36.5 Å². The van der Waals surface area contributed by atoms with Crippen molar-refractivity contribution in [3.63, 3.8) is 0 Å². The van der Waals surface area contributed by atoms with Crippen LogP contribution in [0.1, 0.15) is 27.2 Å². The molecule has 6 heteroatoms. The quantitative estimate of drug-likeness (QED) is 0.398. The Kier molecular flexibility index (Phi) is 7.54. The minimum absolute atomic E-state index is 0.0565. The second-order valence-corrected chi connectivity index (χ2v) is 8.75. The van der Waals surface area contributed by atoms with Crippen LogP contribution in [0.25, 0.3) is 0 Å². The molecule has 128 valence electrons. The fourth-order valence-electron chi connectivity index (χ4n) is 2.09. The van der Waals surface area contributed by atoms with Crippen LogP contribution in [0.5, 0.6) is 0 Å². The van der Waals surface area contributed by atoms with E-state index >= 15 is 0 Å². The van der Waals surface area contributed by atoms with Crippen molar-refractivity contribution >= 4 is 21.9 Å². The number of nitrogens with two attached hydrogens (primary N) is 1. The van der Waals surface area contributed by atoms with Gasteiger partial charge in [-0.2, -0.15) is 8.42 Å². The SMILES string of the molecule is C=C(/C=C/C)SC1=CC(C)(C)C=CC=C1[NH2+]CCCS(=O)(=O)O. The first-order chi connectivity index (χ1) is 10.6. The maximum Gasteiger partial charge on any atom is 0.265 e. The Bertz CT molecular complexity index is 653. The highest BCUT2D eigenvalue weighted by Gasteiger charge is 2.20. The fraction of sp³-hybridized carbons (Fsp3) is 0.412. The van der Waals surface area contributed by atoms with Gasteiger partial charge in [0.1, 0.15) is 5.70 Å². The van der Waals surface area contributed by atoms with Crippen molar-refractivity contribution in [3.05, 3.63) is 58.5 Å². The van der Waals surface area contributed by atoms with Gasteiger partial charge in [-0.05, 0) is 13.0 Å². The molecule has 0 fully saturated rings. The van der Waals surface area contributed by atoms with E-state index < -0.39 is 10.1 Å². The number of quaternary nitrogens is 1. The van der Waals surface area contributed by atoms with E-state index in [1.54, 1.807) is 11.8 Å². The summed E-state index contributed by atoms with van der Waals surface area (Å²) in [5.41, 5.74) is 0.997. The van der Waals surface area contributed by atoms with Crippen LogP contribution in [0.3, 0.4) is 0 Å². The van der Waals surface area contributed by atoms with Gasteiger partial charge in [0.2, 0.25) is 0 Å². The van der Waals surface area contributed by atoms with Gasteiger partial charge in [-0.3, -0.25) is 4.55 Å². The fourth-order valence-corrected chi connectivity index (χ4v) is 3.74. The molecule has 0 bridgehead atoms. The van der Waals surface area contributed by atoms with Gasteiger partial charge in [-0.15, -0.1) is 0 Å². The van der Waals surface area contributed by atoms with Crippen molar-refractivity contribution in [2.24, 2.45) is 5.41 Å². The first-order valence-electron chi connectivity index (χ1n) is 7.53. The van der Waals surface area contributed by atoms with Crippen LogP contribution in [-0.2, 0) is 10.1 Å². The summed E-state index contributed by atoms with van der Waals surface area (Å²) in [6, 6.07) is 0. The molecule has 0 heterocycles. The Labute approximate surface area is 143 Å². The molecule has 1 aliphatic rings. The molecule has 0 aromatic carbocycles. The highest BCUT2D eigenvalue weighted by atomic mass is 32.2. The first kappa shape index (κ1) is 20.0. The van der Waals surface area contributed by atoms with Gasteiger partial charge in [0.05, 0.1) is 17.2 Å². The molecular formula is C17H26NO3S2+. The average molecular weight is 357 g/mol. The summed E-state index contributed by atoms with van der Waals surface area (Å²) in [7, 11) is -3.89. The van der Waals surface area contributed by atoms with Crippen LogP contribution in [0.4, 0.5) is 0 Å². The van der Waals surface area contributed by atoms with Crippen LogP contribution in [-0.4, -0.2) is 25.3 Å². The van der Waals surface area contributed by atoms with Gasteiger partial charge in [0.25, 0.3) is 10.1 Å². The average Bonchev–Trinajstić information content (AvgIpc) is 2.52. The summed E-state index contributed by atoms with van der Waals surface area (Å²) in [5, 5.41) is 2.01. The van der Waals surface area contributed by atoms with E-state index in [4.69, 9.17) is 4.55 Å². The Morgan fingerprint density at radius 2 is 2.17 bits per heavy atom. The zero-order valence-corrected chi connectivity index (χ0v) is 15.6. The lowest BCUT2D eigenvalue weighted by Gasteiger charge is -2.16. The third-order valence-corrected chi connectivity index (χ3v) is 4.93. The minimum atomic E-state index is -3.89. The molecule has 0 saturated heterocycles. The molecule has 1 aliphatic carbocycles. The highest BCUT2D eigenvalue weighted by molar-refractivity contribution is 8.07. The third kappa shape index (κ3) is 8.37. The van der Waals surface area contributed by atoms with Gasteiger partial charge >= 0.3 is 0 Å². The molecule has 1 rings (SSSR count). The van der Waals surface area contributed by atoms with Gasteiger partial charge in [-0.1, -0.05) is 62.6 Å². The number of thioether (sulfide) groups is 1. The zero-order valence-electron chi connectivity index (χ0n) is 14.0. The Morgan fingerprint density at radius 3 is 2.78 bits per heavy atom. The van der Waals surface area contributed by atoms with Crippen molar-refractivity contribution in [2.75, 3.05) is 12.3 Å². The number of allylic oxidation sites excluding steroid dienone is 6. The summed E-state index contributed by atoms with van der Waals surface area (Å²) in [4.78, 5) is 2.06. The van der Waals surface area contributed by atoms with E-state index in [0.29, 0.717) is 13.0 Å². The van der Waals surface area contributed by atoms with Gasteiger partial charge in [0, 0.05) is 16.7 Å². The predicted molar refractivity (Wildman–Crippen MR) is 98.5 cm³/mol. The molecule has 0 radical (unpaired) electrons. The monoisotopic (exact) mass is 356 g/mol. The molecule has 23 heavy (non-hydrogen) atoms. The van der Waals surface area contributed by atoms with Gasteiger partial charge in [0.15, 0.2) is 0 Å². The normalized spacial score (nSPS) is 17.7. The van der Waals surface area contributed by atoms with E-state index in [-0.39, 0.29) is 11.2 Å². The van der Waals surface area contributed by atoms with Crippen LogP contribution in [0.15, 0.2) is 58.5 Å². The summed E-state index contributed by atoms with van der Waals surface area (Å²) >= 11 is 1.61. The molecule has 0 atom stereocenters. The highest BCUT2D eigenvalue weighted by Crippen LogP contribution is 2.34. The zero-order chi connectivity index (χ0) is 17.5. The first-order valence-corrected chi connectivity index (χ1v) is 9.96. The van der Waals surface area contributed by atoms with Crippen LogP contribution in [0, 0.1) is 5.41 Å². The number of hydrogen-bond donors (Lipinski definition) is 2. The van der Waals surface area contributed by atoms with Gasteiger partial charge < -0.3 is 5.32 Å². The van der Waals surface area contributed by atoms with E-state index in [0.717, 1.165) is 15.5 Å². The minimum Gasteiger partial charge on any atom is -0.313 e. The Hall–Kier alpha value is -1.08. The smallest absolute Gasteiger partial charge is 0.265 e. The predicted octanol–water partition coefficient (Wildman–Crippen LogP) is 3.01. The number of rotatable bonds is 8. The van der Waals surface area contributed by atoms with Crippen molar-refractivity contribution in [3.8, 4) is 0 Å². The maximum atomic E-state index is 10.8. The Balaban J connectivity index is 2.82. The van der Waals surface area contributed by atoms with Gasteiger partial charge in [-0.25, -0.2) is 0 Å². The topological polar surface area (TPSA) is 71.0 Å². The summed E-state index contributed by atoms with van der Waals surface area (Å²) in [6.45, 7) is 10.9.